The molecule has 0 atom stereocenters. The van der Waals surface area contributed by atoms with Crippen molar-refractivity contribution in [2.24, 2.45) is 0 Å². The smallest absolute Gasteiger partial charge is 0.381 e. The molecular weight excluding hydrogens is 342 g/mol. The Kier molecular flexibility index (Phi) is 5.60. The van der Waals surface area contributed by atoms with E-state index >= 15 is 0 Å². The van der Waals surface area contributed by atoms with Crippen LogP contribution >= 0.6 is 0 Å². The molecule has 0 spiro atoms. The van der Waals surface area contributed by atoms with E-state index < -0.39 is 11.8 Å². The van der Waals surface area contributed by atoms with Crippen molar-refractivity contribution in [2.75, 3.05) is 13.7 Å². The molecule has 0 fully saturated rings. The number of rotatable bonds is 7. The van der Waals surface area contributed by atoms with E-state index in [-0.39, 0.29) is 6.61 Å². The van der Waals surface area contributed by atoms with Gasteiger partial charge >= 0.3 is 5.97 Å². The highest BCUT2D eigenvalue weighted by atomic mass is 16.5. The molecule has 0 unspecified atom stereocenters. The highest BCUT2D eigenvalue weighted by Crippen LogP contribution is 2.29. The van der Waals surface area contributed by atoms with E-state index in [9.17, 15) is 9.59 Å². The van der Waals surface area contributed by atoms with Crippen LogP contribution in [0.25, 0.3) is 5.52 Å². The Bertz CT molecular complexity index is 973. The molecule has 0 saturated carbocycles. The monoisotopic (exact) mass is 365 g/mol. The molecule has 0 radical (unpaired) electrons. The minimum atomic E-state index is -0.833. The molecule has 1 aromatic carbocycles. The number of fused-ring (bicyclic) bond motifs is 1. The number of carbonyl (C=O) groups is 2. The Labute approximate surface area is 158 Å². The molecular formula is C22H23NO4. The molecule has 0 aliphatic heterocycles. The van der Waals surface area contributed by atoms with Crippen molar-refractivity contribution in [1.82, 2.24) is 4.40 Å². The Balaban J connectivity index is 2.22. The lowest BCUT2D eigenvalue weighted by Crippen LogP contribution is -2.20. The summed E-state index contributed by atoms with van der Waals surface area (Å²) in [5.41, 5.74) is 4.30. The molecule has 27 heavy (non-hydrogen) atoms. The average Bonchev–Trinajstić information content (AvgIpc) is 3.00. The first kappa shape index (κ1) is 18.7. The number of ether oxygens (including phenoxy) is 2. The maximum atomic E-state index is 12.9. The largest absolute Gasteiger partial charge is 0.495 e. The SMILES string of the molecule is CCOC(=O)C(=O)c1c(CC)c(Cc2ccccc2)c2ccc(OC)cn12. The van der Waals surface area contributed by atoms with E-state index in [4.69, 9.17) is 9.47 Å². The fourth-order valence-electron chi connectivity index (χ4n) is 3.39. The van der Waals surface area contributed by atoms with Gasteiger partial charge < -0.3 is 13.9 Å². The van der Waals surface area contributed by atoms with Crippen LogP contribution in [0.3, 0.4) is 0 Å². The first-order valence-electron chi connectivity index (χ1n) is 9.05. The van der Waals surface area contributed by atoms with Crippen molar-refractivity contribution in [3.8, 4) is 5.75 Å². The Morgan fingerprint density at radius 1 is 1.00 bits per heavy atom. The van der Waals surface area contributed by atoms with Gasteiger partial charge in [-0.15, -0.1) is 0 Å². The van der Waals surface area contributed by atoms with Crippen LogP contribution < -0.4 is 4.74 Å². The summed E-state index contributed by atoms with van der Waals surface area (Å²) in [6.45, 7) is 3.84. The second-order valence-electron chi connectivity index (χ2n) is 6.20. The summed E-state index contributed by atoms with van der Waals surface area (Å²) < 4.78 is 12.0. The van der Waals surface area contributed by atoms with Crippen LogP contribution in [-0.4, -0.2) is 29.9 Å². The van der Waals surface area contributed by atoms with E-state index in [2.05, 4.69) is 12.1 Å². The summed E-state index contributed by atoms with van der Waals surface area (Å²) in [5.74, 6) is -0.846. The number of nitrogens with zero attached hydrogens (tertiary/aromatic N) is 1. The number of hydrogen-bond acceptors (Lipinski definition) is 4. The maximum absolute atomic E-state index is 12.9. The Morgan fingerprint density at radius 3 is 2.37 bits per heavy atom. The van der Waals surface area contributed by atoms with Crippen LogP contribution in [0.2, 0.25) is 0 Å². The topological polar surface area (TPSA) is 57.0 Å². The van der Waals surface area contributed by atoms with Gasteiger partial charge in [0.2, 0.25) is 0 Å². The normalized spacial score (nSPS) is 10.8. The van der Waals surface area contributed by atoms with E-state index in [1.165, 1.54) is 0 Å². The van der Waals surface area contributed by atoms with Crippen LogP contribution in [0.4, 0.5) is 0 Å². The van der Waals surface area contributed by atoms with E-state index in [0.717, 1.165) is 22.2 Å². The van der Waals surface area contributed by atoms with Crippen LogP contribution in [0.5, 0.6) is 5.75 Å². The number of pyridine rings is 1. The Morgan fingerprint density at radius 2 is 1.74 bits per heavy atom. The molecule has 2 aromatic heterocycles. The zero-order valence-corrected chi connectivity index (χ0v) is 15.8. The van der Waals surface area contributed by atoms with Crippen LogP contribution in [-0.2, 0) is 22.4 Å². The average molecular weight is 365 g/mol. The number of benzene rings is 1. The summed E-state index contributed by atoms with van der Waals surface area (Å²) in [6.07, 6.45) is 3.05. The van der Waals surface area contributed by atoms with Gasteiger partial charge in [-0.2, -0.15) is 0 Å². The number of esters is 1. The maximum Gasteiger partial charge on any atom is 0.381 e. The molecule has 0 N–H and O–H groups in total. The molecule has 0 bridgehead atoms. The fraction of sp³-hybridized carbons (Fsp3) is 0.273. The lowest BCUT2D eigenvalue weighted by atomic mass is 9.98. The molecule has 0 aliphatic carbocycles. The van der Waals surface area contributed by atoms with Crippen molar-refractivity contribution < 1.29 is 19.1 Å². The van der Waals surface area contributed by atoms with Crippen molar-refractivity contribution in [1.29, 1.82) is 0 Å². The highest BCUT2D eigenvalue weighted by molar-refractivity contribution is 6.40. The molecule has 3 rings (SSSR count). The minimum Gasteiger partial charge on any atom is -0.495 e. The summed E-state index contributed by atoms with van der Waals surface area (Å²) in [4.78, 5) is 25.0. The van der Waals surface area contributed by atoms with Gasteiger partial charge in [0.15, 0.2) is 0 Å². The second kappa shape index (κ2) is 8.08. The Hall–Kier alpha value is -3.08. The third kappa shape index (κ3) is 3.58. The summed E-state index contributed by atoms with van der Waals surface area (Å²) in [6, 6.07) is 13.9. The predicted molar refractivity (Wildman–Crippen MR) is 104 cm³/mol. The summed E-state index contributed by atoms with van der Waals surface area (Å²) in [7, 11) is 1.57. The van der Waals surface area contributed by atoms with Crippen molar-refractivity contribution in [3.05, 3.63) is 71.0 Å². The van der Waals surface area contributed by atoms with Gasteiger partial charge in [-0.25, -0.2) is 4.79 Å². The van der Waals surface area contributed by atoms with Gasteiger partial charge in [0.05, 0.1) is 19.9 Å². The van der Waals surface area contributed by atoms with Crippen molar-refractivity contribution in [3.63, 3.8) is 0 Å². The number of carbonyl (C=O) groups excluding carboxylic acids is 2. The number of methoxy groups -OCH3 is 1. The van der Waals surface area contributed by atoms with Crippen LogP contribution in [0.1, 0.15) is 41.0 Å². The molecule has 140 valence electrons. The van der Waals surface area contributed by atoms with Gasteiger partial charge in [-0.3, -0.25) is 4.79 Å². The summed E-state index contributed by atoms with van der Waals surface area (Å²) in [5, 5.41) is 0. The predicted octanol–water partition coefficient (Wildman–Crippen LogP) is 3.85. The molecule has 0 amide bonds. The third-order valence-electron chi connectivity index (χ3n) is 4.61. The van der Waals surface area contributed by atoms with Crippen LogP contribution in [0.15, 0.2) is 48.7 Å². The van der Waals surface area contributed by atoms with Gasteiger partial charge in [-0.05, 0) is 48.6 Å². The van der Waals surface area contributed by atoms with E-state index in [1.54, 1.807) is 24.6 Å². The third-order valence-corrected chi connectivity index (χ3v) is 4.61. The molecule has 2 heterocycles. The summed E-state index contributed by atoms with van der Waals surface area (Å²) >= 11 is 0. The lowest BCUT2D eigenvalue weighted by molar-refractivity contribution is -0.137. The standard InChI is InChI=1S/C22H23NO4/c1-4-17-18(13-15-9-7-6-8-10-15)19-12-11-16(26-3)14-23(19)20(17)21(24)22(25)27-5-2/h6-12,14H,4-5,13H2,1-3H3. The van der Waals surface area contributed by atoms with Gasteiger partial charge in [0.25, 0.3) is 5.78 Å². The molecule has 0 aliphatic rings. The van der Waals surface area contributed by atoms with Gasteiger partial charge in [0, 0.05) is 5.52 Å². The highest BCUT2D eigenvalue weighted by Gasteiger charge is 2.28. The zero-order valence-electron chi connectivity index (χ0n) is 15.8. The minimum absolute atomic E-state index is 0.162. The van der Waals surface area contributed by atoms with Crippen molar-refractivity contribution >= 4 is 17.3 Å². The number of aromatic nitrogens is 1. The zero-order chi connectivity index (χ0) is 19.4. The van der Waals surface area contributed by atoms with Gasteiger partial charge in [0.1, 0.15) is 11.4 Å². The number of hydrogen-bond donors (Lipinski definition) is 0. The quantitative estimate of drug-likeness (QED) is 0.363. The first-order chi connectivity index (χ1) is 13.1. The molecule has 3 aromatic rings. The van der Waals surface area contributed by atoms with Crippen LogP contribution in [0, 0.1) is 0 Å². The molecule has 5 heteroatoms. The van der Waals surface area contributed by atoms with Gasteiger partial charge in [-0.1, -0.05) is 37.3 Å². The molecule has 5 nitrogen and oxygen atoms in total. The van der Waals surface area contributed by atoms with E-state index in [1.807, 2.05) is 37.3 Å². The lowest BCUT2D eigenvalue weighted by Gasteiger charge is -2.06. The molecule has 0 saturated heterocycles. The fourth-order valence-corrected chi connectivity index (χ4v) is 3.39. The first-order valence-corrected chi connectivity index (χ1v) is 9.05. The van der Waals surface area contributed by atoms with Crippen molar-refractivity contribution in [2.45, 2.75) is 26.7 Å². The van der Waals surface area contributed by atoms with E-state index in [0.29, 0.717) is 24.3 Å². The number of Topliss-reactive ketones (excluding diaryl/α,β-unsaturated/α-hetero) is 1. The second-order valence-corrected chi connectivity index (χ2v) is 6.20. The number of ketones is 1.